The lowest BCUT2D eigenvalue weighted by Crippen LogP contribution is -2.44. The molecule has 3 heterocycles. The third-order valence-electron chi connectivity index (χ3n) is 7.36. The molecule has 0 bridgehead atoms. The van der Waals surface area contributed by atoms with Gasteiger partial charge in [0.15, 0.2) is 0 Å². The van der Waals surface area contributed by atoms with E-state index in [4.69, 9.17) is 11.6 Å². The first kappa shape index (κ1) is 25.5. The van der Waals surface area contributed by atoms with Crippen LogP contribution in [0.2, 0.25) is 5.02 Å². The van der Waals surface area contributed by atoms with Crippen molar-refractivity contribution in [2.75, 3.05) is 56.1 Å². The first-order valence-electron chi connectivity index (χ1n) is 12.5. The fourth-order valence-corrected chi connectivity index (χ4v) is 5.51. The number of carbonyl (C=O) groups is 1. The number of rotatable bonds is 6. The van der Waals surface area contributed by atoms with Crippen molar-refractivity contribution in [1.29, 1.82) is 0 Å². The number of halogens is 3. The SMILES string of the molecule is CN1CCN(c2ccc(-c3ccc(Cl)cc3N3CCCC(n4ncc(C(=O)O)c4C(F)F)C3)cc2)CC1. The lowest BCUT2D eigenvalue weighted by Gasteiger charge is -2.36. The highest BCUT2D eigenvalue weighted by Gasteiger charge is 2.31. The van der Waals surface area contributed by atoms with Crippen LogP contribution >= 0.6 is 11.6 Å². The van der Waals surface area contributed by atoms with Gasteiger partial charge in [0.25, 0.3) is 6.43 Å². The smallest absolute Gasteiger partial charge is 0.339 e. The van der Waals surface area contributed by atoms with Crippen molar-refractivity contribution in [2.24, 2.45) is 0 Å². The summed E-state index contributed by atoms with van der Waals surface area (Å²) in [5.74, 6) is -1.40. The van der Waals surface area contributed by atoms with Gasteiger partial charge in [-0.25, -0.2) is 13.6 Å². The molecule has 2 aromatic carbocycles. The minimum Gasteiger partial charge on any atom is -0.478 e. The zero-order chi connectivity index (χ0) is 26.1. The number of hydrogen-bond acceptors (Lipinski definition) is 5. The fourth-order valence-electron chi connectivity index (χ4n) is 5.35. The molecule has 37 heavy (non-hydrogen) atoms. The van der Waals surface area contributed by atoms with Crippen LogP contribution < -0.4 is 9.80 Å². The van der Waals surface area contributed by atoms with E-state index >= 15 is 0 Å². The van der Waals surface area contributed by atoms with Crippen molar-refractivity contribution < 1.29 is 18.7 Å². The molecule has 2 saturated heterocycles. The number of carboxylic acids is 1. The molecule has 5 rings (SSSR count). The third-order valence-corrected chi connectivity index (χ3v) is 7.60. The standard InChI is InChI=1S/C27H30ClF2N5O2/c1-32-11-13-33(14-12-32)20-7-4-18(5-8-20)22-9-6-19(28)15-24(22)34-10-2-3-21(17-34)35-25(26(29)30)23(16-31-35)27(36)37/h4-9,15-16,21,26H,2-3,10-14,17H2,1H3,(H,36,37). The van der Waals surface area contributed by atoms with E-state index in [1.54, 1.807) is 0 Å². The Balaban J connectivity index is 1.42. The van der Waals surface area contributed by atoms with E-state index in [0.29, 0.717) is 18.0 Å². The second-order valence-electron chi connectivity index (χ2n) is 9.73. The molecule has 0 aliphatic carbocycles. The molecular weight excluding hydrogens is 500 g/mol. The maximum absolute atomic E-state index is 13.8. The molecule has 0 amide bonds. The Morgan fingerprint density at radius 3 is 2.46 bits per heavy atom. The molecule has 2 aliphatic heterocycles. The van der Waals surface area contributed by atoms with E-state index in [9.17, 15) is 18.7 Å². The van der Waals surface area contributed by atoms with Crippen LogP contribution in [0.4, 0.5) is 20.2 Å². The molecule has 2 fully saturated rings. The number of piperidine rings is 1. The molecule has 3 aromatic rings. The van der Waals surface area contributed by atoms with Crippen molar-refractivity contribution in [3.63, 3.8) is 0 Å². The Morgan fingerprint density at radius 2 is 1.78 bits per heavy atom. The number of piperazine rings is 1. The highest BCUT2D eigenvalue weighted by molar-refractivity contribution is 6.31. The highest BCUT2D eigenvalue weighted by Crippen LogP contribution is 2.38. The van der Waals surface area contributed by atoms with Gasteiger partial charge in [-0.15, -0.1) is 0 Å². The Bertz CT molecular complexity index is 1260. The van der Waals surface area contributed by atoms with E-state index in [1.807, 2.05) is 18.2 Å². The molecule has 1 aromatic heterocycles. The minimum atomic E-state index is -2.93. The molecule has 1 unspecified atom stereocenters. The van der Waals surface area contributed by atoms with Crippen LogP contribution in [-0.4, -0.2) is 72.1 Å². The molecular formula is C27H30ClF2N5O2. The summed E-state index contributed by atoms with van der Waals surface area (Å²) in [6.07, 6.45) is -0.518. The summed E-state index contributed by atoms with van der Waals surface area (Å²) >= 11 is 6.40. The lowest BCUT2D eigenvalue weighted by atomic mass is 9.99. The number of nitrogens with zero attached hydrogens (tertiary/aromatic N) is 5. The maximum atomic E-state index is 13.8. The summed E-state index contributed by atoms with van der Waals surface area (Å²) < 4.78 is 28.8. The van der Waals surface area contributed by atoms with Gasteiger partial charge in [0.1, 0.15) is 11.3 Å². The van der Waals surface area contributed by atoms with Crippen molar-refractivity contribution in [3.8, 4) is 11.1 Å². The van der Waals surface area contributed by atoms with Crippen LogP contribution in [0.5, 0.6) is 0 Å². The quantitative estimate of drug-likeness (QED) is 0.459. The summed E-state index contributed by atoms with van der Waals surface area (Å²) in [5.41, 5.74) is 3.19. The topological polar surface area (TPSA) is 64.8 Å². The molecule has 196 valence electrons. The molecule has 0 spiro atoms. The molecule has 1 atom stereocenters. The first-order chi connectivity index (χ1) is 17.8. The summed E-state index contributed by atoms with van der Waals surface area (Å²) in [7, 11) is 2.14. The zero-order valence-electron chi connectivity index (χ0n) is 20.7. The van der Waals surface area contributed by atoms with Gasteiger partial charge in [-0.05, 0) is 49.7 Å². The number of likely N-dealkylation sites (N-methyl/N-ethyl adjacent to an activating group) is 1. The molecule has 10 heteroatoms. The number of aromatic carboxylic acids is 1. The van der Waals surface area contributed by atoms with Crippen molar-refractivity contribution in [1.82, 2.24) is 14.7 Å². The van der Waals surface area contributed by atoms with E-state index in [0.717, 1.165) is 62.2 Å². The predicted molar refractivity (Wildman–Crippen MR) is 141 cm³/mol. The summed E-state index contributed by atoms with van der Waals surface area (Å²) in [6.45, 7) is 5.23. The molecule has 1 N–H and O–H groups in total. The van der Waals surface area contributed by atoms with Gasteiger partial charge in [-0.2, -0.15) is 5.10 Å². The fraction of sp³-hybridized carbons (Fsp3) is 0.407. The number of aromatic nitrogens is 2. The second-order valence-corrected chi connectivity index (χ2v) is 10.2. The Kier molecular flexibility index (Phi) is 7.35. The van der Waals surface area contributed by atoms with Crippen LogP contribution in [0.15, 0.2) is 48.7 Å². The lowest BCUT2D eigenvalue weighted by molar-refractivity contribution is 0.0681. The van der Waals surface area contributed by atoms with Gasteiger partial charge in [0.05, 0.1) is 12.2 Å². The number of hydrogen-bond donors (Lipinski definition) is 1. The number of benzene rings is 2. The van der Waals surface area contributed by atoms with Crippen LogP contribution in [0.1, 0.15) is 41.4 Å². The summed E-state index contributed by atoms with van der Waals surface area (Å²) in [4.78, 5) is 18.3. The van der Waals surface area contributed by atoms with Gasteiger partial charge >= 0.3 is 5.97 Å². The van der Waals surface area contributed by atoms with Gasteiger partial charge in [0.2, 0.25) is 0 Å². The van der Waals surface area contributed by atoms with Crippen LogP contribution in [-0.2, 0) is 0 Å². The van der Waals surface area contributed by atoms with E-state index in [2.05, 4.69) is 51.1 Å². The molecule has 7 nitrogen and oxygen atoms in total. The number of alkyl halides is 2. The largest absolute Gasteiger partial charge is 0.478 e. The minimum absolute atomic E-state index is 0.378. The Morgan fingerprint density at radius 1 is 1.05 bits per heavy atom. The van der Waals surface area contributed by atoms with Crippen LogP contribution in [0, 0.1) is 0 Å². The van der Waals surface area contributed by atoms with Crippen molar-refractivity contribution in [2.45, 2.75) is 25.3 Å². The highest BCUT2D eigenvalue weighted by atomic mass is 35.5. The third kappa shape index (κ3) is 5.29. The molecule has 0 radical (unpaired) electrons. The second kappa shape index (κ2) is 10.7. The monoisotopic (exact) mass is 529 g/mol. The normalized spacial score (nSPS) is 19.0. The average molecular weight is 530 g/mol. The Labute approximate surface area is 219 Å². The molecule has 2 aliphatic rings. The first-order valence-corrected chi connectivity index (χ1v) is 12.9. The number of anilines is 2. The number of carboxylic acid groups (broad SMARTS) is 1. The summed E-state index contributed by atoms with van der Waals surface area (Å²) in [6, 6.07) is 13.9. The van der Waals surface area contributed by atoms with Gasteiger partial charge < -0.3 is 19.8 Å². The van der Waals surface area contributed by atoms with Crippen LogP contribution in [0.25, 0.3) is 11.1 Å². The van der Waals surface area contributed by atoms with E-state index in [-0.39, 0.29) is 6.04 Å². The average Bonchev–Trinajstić information content (AvgIpc) is 3.36. The van der Waals surface area contributed by atoms with E-state index in [1.165, 1.54) is 10.4 Å². The van der Waals surface area contributed by atoms with Gasteiger partial charge in [0, 0.05) is 61.2 Å². The van der Waals surface area contributed by atoms with E-state index < -0.39 is 23.7 Å². The summed E-state index contributed by atoms with van der Waals surface area (Å²) in [5, 5.41) is 14.0. The zero-order valence-corrected chi connectivity index (χ0v) is 21.4. The predicted octanol–water partition coefficient (Wildman–Crippen LogP) is 5.43. The molecule has 0 saturated carbocycles. The Hall–Kier alpha value is -3.17. The van der Waals surface area contributed by atoms with Crippen molar-refractivity contribution >= 4 is 28.9 Å². The van der Waals surface area contributed by atoms with Crippen molar-refractivity contribution in [3.05, 3.63) is 64.9 Å². The van der Waals surface area contributed by atoms with Crippen LogP contribution in [0.3, 0.4) is 0 Å². The van der Waals surface area contributed by atoms with Gasteiger partial charge in [-0.3, -0.25) is 4.68 Å². The van der Waals surface area contributed by atoms with Gasteiger partial charge in [-0.1, -0.05) is 29.8 Å². The maximum Gasteiger partial charge on any atom is 0.339 e.